The van der Waals surface area contributed by atoms with Crippen LogP contribution < -0.4 is 0 Å². The fourth-order valence-electron chi connectivity index (χ4n) is 3.15. The summed E-state index contributed by atoms with van der Waals surface area (Å²) in [6.45, 7) is 7.47. The van der Waals surface area contributed by atoms with Gasteiger partial charge in [-0.1, -0.05) is 12.1 Å². The number of hydrogen-bond donors (Lipinski definition) is 1. The van der Waals surface area contributed by atoms with Crippen LogP contribution in [0.1, 0.15) is 39.2 Å². The Morgan fingerprint density at radius 1 is 1.21 bits per heavy atom. The first-order valence-electron chi connectivity index (χ1n) is 8.39. The van der Waals surface area contributed by atoms with Gasteiger partial charge in [0.05, 0.1) is 12.2 Å². The van der Waals surface area contributed by atoms with Gasteiger partial charge in [0.2, 0.25) is 0 Å². The molecule has 3 rings (SSSR count). The Balaban J connectivity index is 1.64. The standard InChI is InChI=1S/C19H25NO4/c1-18(2,3)24-17(22)20-10-8-19(9-11-20)12-15(13-23-19)14-4-6-16(21)7-5-14/h4-7,12,21H,8-11,13H2,1-3H3. The lowest BCUT2D eigenvalue weighted by atomic mass is 9.90. The number of carbonyl (C=O) groups is 1. The van der Waals surface area contributed by atoms with Gasteiger partial charge < -0.3 is 19.5 Å². The summed E-state index contributed by atoms with van der Waals surface area (Å²) in [6, 6.07) is 7.18. The van der Waals surface area contributed by atoms with Gasteiger partial charge in [-0.15, -0.1) is 0 Å². The number of phenolic OH excluding ortho intramolecular Hbond substituents is 1. The second-order valence-electron chi connectivity index (χ2n) is 7.54. The summed E-state index contributed by atoms with van der Waals surface area (Å²) in [7, 11) is 0. The molecule has 24 heavy (non-hydrogen) atoms. The Morgan fingerprint density at radius 3 is 2.42 bits per heavy atom. The molecule has 0 aromatic heterocycles. The van der Waals surface area contributed by atoms with Gasteiger partial charge in [-0.25, -0.2) is 4.79 Å². The Kier molecular flexibility index (Phi) is 4.30. The number of phenols is 1. The molecule has 1 amide bonds. The molecular formula is C19H25NO4. The zero-order chi connectivity index (χ0) is 17.4. The van der Waals surface area contributed by atoms with Crippen molar-refractivity contribution in [2.75, 3.05) is 19.7 Å². The molecule has 1 aromatic rings. The van der Waals surface area contributed by atoms with Crippen LogP contribution in [-0.4, -0.2) is 47.0 Å². The van der Waals surface area contributed by atoms with Crippen LogP contribution in [0.2, 0.25) is 0 Å². The van der Waals surface area contributed by atoms with Gasteiger partial charge in [-0.05, 0) is 63.0 Å². The van der Waals surface area contributed by atoms with Crippen molar-refractivity contribution < 1.29 is 19.4 Å². The van der Waals surface area contributed by atoms with Crippen molar-refractivity contribution in [3.05, 3.63) is 35.9 Å². The van der Waals surface area contributed by atoms with Gasteiger partial charge in [0.25, 0.3) is 0 Å². The third-order valence-corrected chi connectivity index (χ3v) is 4.45. The van der Waals surface area contributed by atoms with Crippen molar-refractivity contribution in [3.63, 3.8) is 0 Å². The Hall–Kier alpha value is -2.01. The predicted molar refractivity (Wildman–Crippen MR) is 91.8 cm³/mol. The van der Waals surface area contributed by atoms with Crippen LogP contribution in [0, 0.1) is 0 Å². The Bertz CT molecular complexity index is 634. The molecule has 1 saturated heterocycles. The van der Waals surface area contributed by atoms with E-state index in [2.05, 4.69) is 6.08 Å². The summed E-state index contributed by atoms with van der Waals surface area (Å²) in [5.41, 5.74) is 1.45. The first-order valence-corrected chi connectivity index (χ1v) is 8.39. The fraction of sp³-hybridized carbons (Fsp3) is 0.526. The quantitative estimate of drug-likeness (QED) is 0.854. The van der Waals surface area contributed by atoms with Gasteiger partial charge in [0, 0.05) is 13.1 Å². The summed E-state index contributed by atoms with van der Waals surface area (Å²) < 4.78 is 11.5. The van der Waals surface area contributed by atoms with E-state index in [1.165, 1.54) is 0 Å². The smallest absolute Gasteiger partial charge is 0.410 e. The molecule has 1 aromatic carbocycles. The third-order valence-electron chi connectivity index (χ3n) is 4.45. The maximum atomic E-state index is 12.2. The van der Waals surface area contributed by atoms with Crippen LogP contribution in [0.25, 0.3) is 5.57 Å². The second-order valence-corrected chi connectivity index (χ2v) is 7.54. The second kappa shape index (κ2) is 6.13. The molecule has 1 spiro atoms. The molecular weight excluding hydrogens is 306 g/mol. The minimum Gasteiger partial charge on any atom is -0.508 e. The lowest BCUT2D eigenvalue weighted by Gasteiger charge is -2.38. The van der Waals surface area contributed by atoms with Gasteiger partial charge in [-0.2, -0.15) is 0 Å². The van der Waals surface area contributed by atoms with E-state index in [4.69, 9.17) is 9.47 Å². The molecule has 0 aliphatic carbocycles. The van der Waals surface area contributed by atoms with Crippen LogP contribution in [-0.2, 0) is 9.47 Å². The van der Waals surface area contributed by atoms with Gasteiger partial charge >= 0.3 is 6.09 Å². The van der Waals surface area contributed by atoms with Gasteiger partial charge in [0.15, 0.2) is 0 Å². The molecule has 0 unspecified atom stereocenters. The van der Waals surface area contributed by atoms with Gasteiger partial charge in [-0.3, -0.25) is 0 Å². The summed E-state index contributed by atoms with van der Waals surface area (Å²) in [5, 5.41) is 9.40. The number of amides is 1. The number of benzene rings is 1. The largest absolute Gasteiger partial charge is 0.508 e. The fourth-order valence-corrected chi connectivity index (χ4v) is 3.15. The molecule has 1 fully saturated rings. The number of likely N-dealkylation sites (tertiary alicyclic amines) is 1. The highest BCUT2D eigenvalue weighted by Gasteiger charge is 2.39. The van der Waals surface area contributed by atoms with Crippen molar-refractivity contribution in [1.82, 2.24) is 4.90 Å². The van der Waals surface area contributed by atoms with E-state index in [1.807, 2.05) is 32.9 Å². The minimum absolute atomic E-state index is 0.252. The first kappa shape index (κ1) is 16.8. The molecule has 0 saturated carbocycles. The summed E-state index contributed by atoms with van der Waals surface area (Å²) >= 11 is 0. The van der Waals surface area contributed by atoms with E-state index in [0.29, 0.717) is 19.7 Å². The molecule has 0 bridgehead atoms. The highest BCUT2D eigenvalue weighted by Crippen LogP contribution is 2.37. The normalized spacial score (nSPS) is 20.1. The van der Waals surface area contributed by atoms with Crippen molar-refractivity contribution in [3.8, 4) is 5.75 Å². The van der Waals surface area contributed by atoms with E-state index < -0.39 is 5.60 Å². The zero-order valence-corrected chi connectivity index (χ0v) is 14.5. The lowest BCUT2D eigenvalue weighted by molar-refractivity contribution is -0.0318. The van der Waals surface area contributed by atoms with E-state index >= 15 is 0 Å². The van der Waals surface area contributed by atoms with E-state index in [0.717, 1.165) is 24.0 Å². The summed E-state index contributed by atoms with van der Waals surface area (Å²) in [5.74, 6) is 0.263. The number of nitrogens with zero attached hydrogens (tertiary/aromatic N) is 1. The van der Waals surface area contributed by atoms with Crippen molar-refractivity contribution in [1.29, 1.82) is 0 Å². The van der Waals surface area contributed by atoms with Crippen LogP contribution in [0.5, 0.6) is 5.75 Å². The number of aromatic hydroxyl groups is 1. The summed E-state index contributed by atoms with van der Waals surface area (Å²) in [4.78, 5) is 13.9. The zero-order valence-electron chi connectivity index (χ0n) is 14.5. The average molecular weight is 331 g/mol. The minimum atomic E-state index is -0.470. The van der Waals surface area contributed by atoms with E-state index in [1.54, 1.807) is 17.0 Å². The van der Waals surface area contributed by atoms with Crippen molar-refractivity contribution >= 4 is 11.7 Å². The molecule has 2 aliphatic rings. The molecule has 130 valence electrons. The molecule has 0 radical (unpaired) electrons. The van der Waals surface area contributed by atoms with Crippen LogP contribution in [0.3, 0.4) is 0 Å². The predicted octanol–water partition coefficient (Wildman–Crippen LogP) is 3.58. The number of rotatable bonds is 1. The monoisotopic (exact) mass is 331 g/mol. The van der Waals surface area contributed by atoms with Crippen LogP contribution in [0.15, 0.2) is 30.3 Å². The number of hydrogen-bond acceptors (Lipinski definition) is 4. The van der Waals surface area contributed by atoms with Gasteiger partial charge in [0.1, 0.15) is 11.4 Å². The maximum Gasteiger partial charge on any atom is 0.410 e. The third kappa shape index (κ3) is 3.73. The highest BCUT2D eigenvalue weighted by molar-refractivity contribution is 5.70. The molecule has 2 aliphatic heterocycles. The molecule has 5 heteroatoms. The molecule has 1 N–H and O–H groups in total. The van der Waals surface area contributed by atoms with E-state index in [-0.39, 0.29) is 17.4 Å². The van der Waals surface area contributed by atoms with Crippen molar-refractivity contribution in [2.45, 2.75) is 44.8 Å². The average Bonchev–Trinajstić information content (AvgIpc) is 2.91. The number of ether oxygens (including phenoxy) is 2. The first-order chi connectivity index (χ1) is 11.3. The molecule has 2 heterocycles. The topological polar surface area (TPSA) is 59.0 Å². The maximum absolute atomic E-state index is 12.2. The van der Waals surface area contributed by atoms with Crippen molar-refractivity contribution in [2.24, 2.45) is 0 Å². The van der Waals surface area contributed by atoms with Crippen LogP contribution >= 0.6 is 0 Å². The summed E-state index contributed by atoms with van der Waals surface area (Å²) in [6.07, 6.45) is 3.48. The lowest BCUT2D eigenvalue weighted by Crippen LogP contribution is -2.47. The number of piperidine rings is 1. The van der Waals surface area contributed by atoms with Crippen LogP contribution in [0.4, 0.5) is 4.79 Å². The highest BCUT2D eigenvalue weighted by atomic mass is 16.6. The SMILES string of the molecule is CC(C)(C)OC(=O)N1CCC2(C=C(c3ccc(O)cc3)CO2)CC1. The number of carbonyl (C=O) groups excluding carboxylic acids is 1. The molecule has 5 nitrogen and oxygen atoms in total. The Labute approximate surface area is 142 Å². The van der Waals surface area contributed by atoms with E-state index in [9.17, 15) is 9.90 Å². The Morgan fingerprint density at radius 2 is 1.83 bits per heavy atom. The molecule has 0 atom stereocenters.